The molecule has 1 nitrogen and oxygen atoms in total. The van der Waals surface area contributed by atoms with Gasteiger partial charge in [0.05, 0.1) is 0 Å². The summed E-state index contributed by atoms with van der Waals surface area (Å²) in [4.78, 5) is 0. The Labute approximate surface area is 127 Å². The van der Waals surface area contributed by atoms with E-state index in [1.807, 2.05) is 0 Å². The molecule has 0 unspecified atom stereocenters. The lowest BCUT2D eigenvalue weighted by atomic mass is 10.0. The normalized spacial score (nSPS) is 21.3. The van der Waals surface area contributed by atoms with Crippen LogP contribution in [0.2, 0.25) is 0 Å². The molecule has 0 heterocycles. The van der Waals surface area contributed by atoms with E-state index in [4.69, 9.17) is 5.11 Å². The van der Waals surface area contributed by atoms with Crippen molar-refractivity contribution in [2.24, 2.45) is 11.8 Å². The monoisotopic (exact) mass is 282 g/mol. The Hall–Kier alpha value is -0.0400. The van der Waals surface area contributed by atoms with E-state index in [-0.39, 0.29) is 0 Å². The Balaban J connectivity index is 1.73. The molecule has 0 saturated heterocycles. The van der Waals surface area contributed by atoms with Gasteiger partial charge in [0, 0.05) is 6.61 Å². The Bertz CT molecular complexity index is 202. The van der Waals surface area contributed by atoms with E-state index >= 15 is 0 Å². The molecule has 1 aliphatic rings. The molecule has 20 heavy (non-hydrogen) atoms. The lowest BCUT2D eigenvalue weighted by Crippen LogP contribution is -1.87. The van der Waals surface area contributed by atoms with Gasteiger partial charge in [0.1, 0.15) is 0 Å². The van der Waals surface area contributed by atoms with E-state index in [1.165, 1.54) is 83.5 Å². The van der Waals surface area contributed by atoms with Crippen LogP contribution in [0.5, 0.6) is 0 Å². The fourth-order valence-electron chi connectivity index (χ4n) is 3.43. The third-order valence-electron chi connectivity index (χ3n) is 4.98. The van der Waals surface area contributed by atoms with Gasteiger partial charge in [0.25, 0.3) is 0 Å². The first kappa shape index (κ1) is 18.0. The molecule has 0 radical (unpaired) electrons. The maximum Gasteiger partial charge on any atom is 0.0431 e. The van der Waals surface area contributed by atoms with E-state index in [0.717, 1.165) is 18.3 Å². The second kappa shape index (κ2) is 12.7. The minimum atomic E-state index is 0.376. The minimum absolute atomic E-state index is 0.376. The third kappa shape index (κ3) is 9.80. The number of hydrogen-bond acceptors (Lipinski definition) is 1. The van der Waals surface area contributed by atoms with Crippen LogP contribution < -0.4 is 0 Å². The average Bonchev–Trinajstić information content (AvgIpc) is 3.20. The molecule has 0 aromatic heterocycles. The smallest absolute Gasteiger partial charge is 0.0431 e. The van der Waals surface area contributed by atoms with E-state index in [1.54, 1.807) is 6.42 Å². The molecule has 1 aliphatic carbocycles. The molecule has 1 N–H and O–H groups in total. The second-order valence-electron chi connectivity index (χ2n) is 6.95. The molecule has 0 bridgehead atoms. The SMILES string of the molecule is CCCCCC[C@H]1C[C@H]1CCCCCCCCCCO. The zero-order valence-corrected chi connectivity index (χ0v) is 13.9. The minimum Gasteiger partial charge on any atom is -0.396 e. The van der Waals surface area contributed by atoms with Gasteiger partial charge in [-0.15, -0.1) is 0 Å². The van der Waals surface area contributed by atoms with Crippen molar-refractivity contribution in [3.8, 4) is 0 Å². The third-order valence-corrected chi connectivity index (χ3v) is 4.98. The van der Waals surface area contributed by atoms with Crippen LogP contribution in [-0.2, 0) is 0 Å². The van der Waals surface area contributed by atoms with Gasteiger partial charge >= 0.3 is 0 Å². The highest BCUT2D eigenvalue weighted by Crippen LogP contribution is 2.45. The molecule has 1 rings (SSSR count). The summed E-state index contributed by atoms with van der Waals surface area (Å²) in [5.41, 5.74) is 0. The Kier molecular flexibility index (Phi) is 11.4. The number of rotatable bonds is 15. The molecule has 2 atom stereocenters. The van der Waals surface area contributed by atoms with E-state index in [0.29, 0.717) is 6.61 Å². The first-order valence-corrected chi connectivity index (χ1v) is 9.49. The van der Waals surface area contributed by atoms with Crippen LogP contribution in [0.25, 0.3) is 0 Å². The molecule has 0 aromatic carbocycles. The highest BCUT2D eigenvalue weighted by molar-refractivity contribution is 4.85. The maximum atomic E-state index is 8.70. The van der Waals surface area contributed by atoms with Gasteiger partial charge in [-0.25, -0.2) is 0 Å². The Morgan fingerprint density at radius 1 is 0.650 bits per heavy atom. The first-order chi connectivity index (χ1) is 9.88. The first-order valence-electron chi connectivity index (χ1n) is 9.49. The number of aliphatic hydroxyl groups excluding tert-OH is 1. The van der Waals surface area contributed by atoms with Gasteiger partial charge in [-0.1, -0.05) is 90.4 Å². The highest BCUT2D eigenvalue weighted by atomic mass is 16.2. The van der Waals surface area contributed by atoms with E-state index < -0.39 is 0 Å². The van der Waals surface area contributed by atoms with Crippen molar-refractivity contribution >= 4 is 0 Å². The number of hydrogen-bond donors (Lipinski definition) is 1. The van der Waals surface area contributed by atoms with Gasteiger partial charge in [-0.2, -0.15) is 0 Å². The van der Waals surface area contributed by atoms with Crippen LogP contribution in [0.15, 0.2) is 0 Å². The molecule has 0 amide bonds. The van der Waals surface area contributed by atoms with Crippen LogP contribution in [-0.4, -0.2) is 11.7 Å². The largest absolute Gasteiger partial charge is 0.396 e. The summed E-state index contributed by atoms with van der Waals surface area (Å²) in [6, 6.07) is 0. The maximum absolute atomic E-state index is 8.70. The zero-order valence-electron chi connectivity index (χ0n) is 13.9. The van der Waals surface area contributed by atoms with Gasteiger partial charge in [-0.05, 0) is 24.7 Å². The fourth-order valence-corrected chi connectivity index (χ4v) is 3.43. The van der Waals surface area contributed by atoms with Crippen molar-refractivity contribution in [3.63, 3.8) is 0 Å². The van der Waals surface area contributed by atoms with Crippen LogP contribution >= 0.6 is 0 Å². The second-order valence-corrected chi connectivity index (χ2v) is 6.95. The highest BCUT2D eigenvalue weighted by Gasteiger charge is 2.34. The summed E-state index contributed by atoms with van der Waals surface area (Å²) in [6.07, 6.45) is 21.1. The average molecular weight is 283 g/mol. The molecule has 120 valence electrons. The predicted molar refractivity (Wildman–Crippen MR) is 89.0 cm³/mol. The topological polar surface area (TPSA) is 20.2 Å². The van der Waals surface area contributed by atoms with E-state index in [9.17, 15) is 0 Å². The summed E-state index contributed by atoms with van der Waals surface area (Å²) in [5, 5.41) is 8.70. The standard InChI is InChI=1S/C19H38O/c1-2-3-4-11-14-18-17-19(18)15-12-9-7-5-6-8-10-13-16-20/h18-20H,2-17H2,1H3/t18-,19+/m0/s1. The van der Waals surface area contributed by atoms with Gasteiger partial charge in [0.2, 0.25) is 0 Å². The van der Waals surface area contributed by atoms with Crippen molar-refractivity contribution in [1.82, 2.24) is 0 Å². The molecule has 0 spiro atoms. The zero-order chi connectivity index (χ0) is 14.5. The summed E-state index contributed by atoms with van der Waals surface area (Å²) >= 11 is 0. The van der Waals surface area contributed by atoms with Crippen molar-refractivity contribution < 1.29 is 5.11 Å². The molecule has 0 aromatic rings. The van der Waals surface area contributed by atoms with Crippen molar-refractivity contribution in [2.75, 3.05) is 6.61 Å². The Morgan fingerprint density at radius 3 is 1.60 bits per heavy atom. The van der Waals surface area contributed by atoms with Gasteiger partial charge in [-0.3, -0.25) is 0 Å². The molecular weight excluding hydrogens is 244 g/mol. The van der Waals surface area contributed by atoms with Crippen LogP contribution in [0, 0.1) is 11.8 Å². The molecule has 1 heteroatoms. The van der Waals surface area contributed by atoms with Crippen molar-refractivity contribution in [2.45, 2.75) is 103 Å². The molecule has 1 saturated carbocycles. The van der Waals surface area contributed by atoms with Crippen molar-refractivity contribution in [1.29, 1.82) is 0 Å². The lowest BCUT2D eigenvalue weighted by Gasteiger charge is -2.02. The lowest BCUT2D eigenvalue weighted by molar-refractivity contribution is 0.282. The number of aliphatic hydroxyl groups is 1. The van der Waals surface area contributed by atoms with Crippen LogP contribution in [0.3, 0.4) is 0 Å². The van der Waals surface area contributed by atoms with Crippen molar-refractivity contribution in [3.05, 3.63) is 0 Å². The predicted octanol–water partition coefficient (Wildman–Crippen LogP) is 6.10. The molecule has 0 aliphatic heterocycles. The van der Waals surface area contributed by atoms with Crippen LogP contribution in [0.1, 0.15) is 103 Å². The quantitative estimate of drug-likeness (QED) is 0.360. The summed E-state index contributed by atoms with van der Waals surface area (Å²) in [7, 11) is 0. The summed E-state index contributed by atoms with van der Waals surface area (Å²) < 4.78 is 0. The van der Waals surface area contributed by atoms with Crippen LogP contribution in [0.4, 0.5) is 0 Å². The molecular formula is C19H38O. The summed E-state index contributed by atoms with van der Waals surface area (Å²) in [6.45, 7) is 2.67. The van der Waals surface area contributed by atoms with Gasteiger partial charge in [0.15, 0.2) is 0 Å². The summed E-state index contributed by atoms with van der Waals surface area (Å²) in [5.74, 6) is 2.23. The Morgan fingerprint density at radius 2 is 1.10 bits per heavy atom. The fraction of sp³-hybridized carbons (Fsp3) is 1.00. The van der Waals surface area contributed by atoms with E-state index in [2.05, 4.69) is 6.92 Å². The number of unbranched alkanes of at least 4 members (excludes halogenated alkanes) is 10. The van der Waals surface area contributed by atoms with Gasteiger partial charge < -0.3 is 5.11 Å². The molecule has 1 fully saturated rings.